The second-order valence-electron chi connectivity index (χ2n) is 1.53. The van der Waals surface area contributed by atoms with Crippen molar-refractivity contribution in [1.29, 1.82) is 0 Å². The van der Waals surface area contributed by atoms with Crippen molar-refractivity contribution in [3.63, 3.8) is 0 Å². The van der Waals surface area contributed by atoms with Crippen molar-refractivity contribution in [2.45, 2.75) is 0 Å². The van der Waals surface area contributed by atoms with Gasteiger partial charge in [0.05, 0.1) is 0 Å². The first-order valence-electron chi connectivity index (χ1n) is 2.34. The van der Waals surface area contributed by atoms with E-state index in [-0.39, 0.29) is 0 Å². The Morgan fingerprint density at radius 2 is 1.78 bits per heavy atom. The molecule has 9 heavy (non-hydrogen) atoms. The first kappa shape index (κ1) is 8.17. The van der Waals surface area contributed by atoms with Gasteiger partial charge in [0.2, 0.25) is 0 Å². The summed E-state index contributed by atoms with van der Waals surface area (Å²) in [6.45, 7) is 0. The molecule has 0 amide bonds. The van der Waals surface area contributed by atoms with Crippen LogP contribution >= 0.6 is 19.4 Å². The molecule has 0 aromatic rings. The van der Waals surface area contributed by atoms with E-state index in [1.807, 2.05) is 30.3 Å². The molecule has 0 aromatic heterocycles. The Bertz CT molecular complexity index is 112. The first-order chi connectivity index (χ1) is 4.29. The van der Waals surface area contributed by atoms with E-state index in [1.54, 1.807) is 0 Å². The number of hydrogen-bond acceptors (Lipinski definition) is 0. The van der Waals surface area contributed by atoms with Crippen molar-refractivity contribution in [1.82, 2.24) is 0 Å². The quantitative estimate of drug-likeness (QED) is 0.624. The van der Waals surface area contributed by atoms with Crippen molar-refractivity contribution in [2.24, 2.45) is 0 Å². The van der Waals surface area contributed by atoms with Gasteiger partial charge in [0.25, 0.3) is 0 Å². The molecule has 0 aliphatic heterocycles. The van der Waals surface area contributed by atoms with E-state index in [4.69, 9.17) is 19.4 Å². The monoisotopic (exact) mass is 249 g/mol. The molecular formula is C6H5Cl2Ru. The molecule has 0 N–H and O–H groups in total. The van der Waals surface area contributed by atoms with E-state index < -0.39 is 13.5 Å². The molecule has 0 nitrogen and oxygen atoms in total. The van der Waals surface area contributed by atoms with Gasteiger partial charge in [-0.3, -0.25) is 0 Å². The van der Waals surface area contributed by atoms with Gasteiger partial charge in [0, 0.05) is 0 Å². The van der Waals surface area contributed by atoms with Gasteiger partial charge >= 0.3 is 69.1 Å². The third-order valence-electron chi connectivity index (χ3n) is 0.883. The molecule has 1 fully saturated rings. The third kappa shape index (κ3) is 3.11. The zero-order valence-electron chi connectivity index (χ0n) is 4.50. The summed E-state index contributed by atoms with van der Waals surface area (Å²) < 4.78 is 1.92. The summed E-state index contributed by atoms with van der Waals surface area (Å²) in [6, 6.07) is 0. The van der Waals surface area contributed by atoms with Crippen LogP contribution in [0.1, 0.15) is 0 Å². The summed E-state index contributed by atoms with van der Waals surface area (Å²) in [7, 11) is 11.2. The molecule has 51 valence electrons. The molecule has 5 radical (unpaired) electrons. The molecule has 0 atom stereocenters. The Hall–Kier alpha value is 1.07. The van der Waals surface area contributed by atoms with Crippen LogP contribution in [-0.2, 0) is 13.5 Å². The maximum absolute atomic E-state index is 5.62. The van der Waals surface area contributed by atoms with Gasteiger partial charge in [-0.1, -0.05) is 0 Å². The molecule has 1 aliphatic rings. The van der Waals surface area contributed by atoms with E-state index in [2.05, 4.69) is 0 Å². The molecule has 0 bridgehead atoms. The summed E-state index contributed by atoms with van der Waals surface area (Å²) in [6.07, 6.45) is 7.92. The zero-order chi connectivity index (χ0) is 6.69. The minimum atomic E-state index is -1.58. The van der Waals surface area contributed by atoms with Gasteiger partial charge in [-0.15, -0.1) is 0 Å². The Kier molecular flexibility index (Phi) is 3.68. The second-order valence-corrected chi connectivity index (χ2v) is 7.25. The Labute approximate surface area is 69.0 Å². The molecule has 0 spiro atoms. The SMILES string of the molecule is [Cl][Ru]([Cl])=[CH][C]1[CH][CH][CH][CH]1. The molecule has 0 heterocycles. The van der Waals surface area contributed by atoms with E-state index in [9.17, 15) is 0 Å². The van der Waals surface area contributed by atoms with Gasteiger partial charge in [0.15, 0.2) is 0 Å². The summed E-state index contributed by atoms with van der Waals surface area (Å²) >= 11 is -1.58. The van der Waals surface area contributed by atoms with Crippen molar-refractivity contribution in [3.05, 3.63) is 31.6 Å². The topological polar surface area (TPSA) is 0 Å². The van der Waals surface area contributed by atoms with Gasteiger partial charge in [-0.2, -0.15) is 0 Å². The average Bonchev–Trinajstić information content (AvgIpc) is 2.15. The fraction of sp³-hybridized carbons (Fsp3) is 0. The molecule has 1 saturated carbocycles. The predicted octanol–water partition coefficient (Wildman–Crippen LogP) is 2.12. The van der Waals surface area contributed by atoms with Crippen LogP contribution in [-0.4, -0.2) is 4.61 Å². The van der Waals surface area contributed by atoms with Gasteiger partial charge in [0.1, 0.15) is 0 Å². The normalized spacial score (nSPS) is 22.2. The van der Waals surface area contributed by atoms with Gasteiger partial charge in [-0.25, -0.2) is 0 Å². The van der Waals surface area contributed by atoms with Crippen LogP contribution in [0.4, 0.5) is 0 Å². The van der Waals surface area contributed by atoms with E-state index in [0.29, 0.717) is 0 Å². The standard InChI is InChI=1S/C6H5.2ClH.Ru/c1-6-4-2-3-5-6;;;/h1-5H;2*1H;/q;;;+2/p-2. The molecule has 1 aliphatic carbocycles. The van der Waals surface area contributed by atoms with Crippen molar-refractivity contribution >= 4 is 24.0 Å². The maximum atomic E-state index is 5.62. The molecule has 0 saturated heterocycles. The molecule has 0 unspecified atom stereocenters. The van der Waals surface area contributed by atoms with Crippen LogP contribution < -0.4 is 0 Å². The fourth-order valence-corrected chi connectivity index (χ4v) is 2.37. The summed E-state index contributed by atoms with van der Waals surface area (Å²) in [5, 5.41) is 0. The Balaban J connectivity index is 2.35. The Morgan fingerprint density at radius 3 is 2.22 bits per heavy atom. The van der Waals surface area contributed by atoms with E-state index >= 15 is 0 Å². The van der Waals surface area contributed by atoms with Crippen molar-refractivity contribution in [2.75, 3.05) is 0 Å². The van der Waals surface area contributed by atoms with E-state index in [1.165, 1.54) is 0 Å². The zero-order valence-corrected chi connectivity index (χ0v) is 7.75. The third-order valence-corrected chi connectivity index (χ3v) is 2.75. The fourth-order valence-electron chi connectivity index (χ4n) is 0.546. The number of halogens is 2. The van der Waals surface area contributed by atoms with Crippen molar-refractivity contribution < 1.29 is 13.5 Å². The van der Waals surface area contributed by atoms with Gasteiger partial charge in [-0.05, 0) is 0 Å². The molecule has 1 rings (SSSR count). The van der Waals surface area contributed by atoms with Crippen LogP contribution in [0.2, 0.25) is 0 Å². The molecule has 3 heteroatoms. The Morgan fingerprint density at radius 1 is 1.22 bits per heavy atom. The number of rotatable bonds is 1. The molecular weight excluding hydrogens is 244 g/mol. The van der Waals surface area contributed by atoms with E-state index in [0.717, 1.165) is 5.92 Å². The number of hydrogen-bond donors (Lipinski definition) is 0. The van der Waals surface area contributed by atoms with Crippen LogP contribution in [0.3, 0.4) is 0 Å². The molecule has 0 aromatic carbocycles. The minimum absolute atomic E-state index is 1.14. The summed E-state index contributed by atoms with van der Waals surface area (Å²) in [4.78, 5) is 0. The van der Waals surface area contributed by atoms with Crippen LogP contribution in [0, 0.1) is 31.6 Å². The average molecular weight is 249 g/mol. The summed E-state index contributed by atoms with van der Waals surface area (Å²) in [5.41, 5.74) is 0. The van der Waals surface area contributed by atoms with Gasteiger partial charge < -0.3 is 0 Å². The van der Waals surface area contributed by atoms with Crippen LogP contribution in [0.25, 0.3) is 0 Å². The summed E-state index contributed by atoms with van der Waals surface area (Å²) in [5.74, 6) is 1.14. The van der Waals surface area contributed by atoms with Crippen LogP contribution in [0.5, 0.6) is 0 Å². The second kappa shape index (κ2) is 4.06. The predicted molar refractivity (Wildman–Crippen MR) is 38.2 cm³/mol. The van der Waals surface area contributed by atoms with Crippen LogP contribution in [0.15, 0.2) is 0 Å². The first-order valence-corrected chi connectivity index (χ1v) is 7.82. The van der Waals surface area contributed by atoms with Crippen molar-refractivity contribution in [3.8, 4) is 0 Å².